The van der Waals surface area contributed by atoms with Gasteiger partial charge in [0, 0.05) is 22.4 Å². The average Bonchev–Trinajstić information content (AvgIpc) is 3.01. The number of hydrogen-bond acceptors (Lipinski definition) is 6. The summed E-state index contributed by atoms with van der Waals surface area (Å²) in [4.78, 5) is 36.3. The van der Waals surface area contributed by atoms with E-state index >= 15 is 0 Å². The van der Waals surface area contributed by atoms with Crippen molar-refractivity contribution >= 4 is 45.6 Å². The summed E-state index contributed by atoms with van der Waals surface area (Å²) in [6.45, 7) is 5.88. The van der Waals surface area contributed by atoms with E-state index in [9.17, 15) is 9.59 Å². The number of benzene rings is 2. The van der Waals surface area contributed by atoms with Gasteiger partial charge < -0.3 is 4.74 Å². The first-order valence-corrected chi connectivity index (χ1v) is 11.0. The number of ketones is 1. The molecule has 0 N–H and O–H groups in total. The van der Waals surface area contributed by atoms with Crippen LogP contribution in [0, 0.1) is 6.92 Å². The second-order valence-corrected chi connectivity index (χ2v) is 9.20. The third-order valence-corrected chi connectivity index (χ3v) is 6.66. The first-order valence-electron chi connectivity index (χ1n) is 9.99. The van der Waals surface area contributed by atoms with Crippen LogP contribution in [-0.4, -0.2) is 40.1 Å². The molecule has 3 aromatic rings. The topological polar surface area (TPSA) is 72.4 Å². The summed E-state index contributed by atoms with van der Waals surface area (Å²) in [5.74, 6) is 0.187. The number of amides is 1. The van der Waals surface area contributed by atoms with Crippen molar-refractivity contribution < 1.29 is 14.3 Å². The lowest BCUT2D eigenvalue weighted by Gasteiger charge is -2.38. The molecule has 0 bridgehead atoms. The van der Waals surface area contributed by atoms with Gasteiger partial charge in [0.05, 0.1) is 29.4 Å². The van der Waals surface area contributed by atoms with Crippen LogP contribution in [0.5, 0.6) is 5.75 Å². The Morgan fingerprint density at radius 3 is 2.61 bits per heavy atom. The molecule has 0 saturated carbocycles. The van der Waals surface area contributed by atoms with E-state index in [2.05, 4.69) is 11.1 Å². The van der Waals surface area contributed by atoms with E-state index in [4.69, 9.17) is 9.72 Å². The quantitative estimate of drug-likeness (QED) is 0.345. The molecule has 0 spiro atoms. The first-order chi connectivity index (χ1) is 14.8. The van der Waals surface area contributed by atoms with Gasteiger partial charge in [-0.1, -0.05) is 36.0 Å². The largest absolute Gasteiger partial charge is 0.497 e. The van der Waals surface area contributed by atoms with Crippen molar-refractivity contribution in [3.8, 4) is 5.75 Å². The fourth-order valence-corrected chi connectivity index (χ4v) is 5.24. The highest BCUT2D eigenvalue weighted by Gasteiger charge is 2.47. The Labute approximate surface area is 184 Å². The van der Waals surface area contributed by atoms with Gasteiger partial charge in [-0.05, 0) is 44.5 Å². The van der Waals surface area contributed by atoms with Gasteiger partial charge in [0.25, 0.3) is 11.7 Å². The molecule has 0 unspecified atom stereocenters. The van der Waals surface area contributed by atoms with E-state index in [1.54, 1.807) is 29.8 Å². The zero-order valence-corrected chi connectivity index (χ0v) is 18.5. The normalized spacial score (nSPS) is 16.5. The molecular weight excluding hydrogens is 410 g/mol. The molecule has 3 heterocycles. The number of methoxy groups -OCH3 is 1. The predicted octanol–water partition coefficient (Wildman–Crippen LogP) is 4.44. The van der Waals surface area contributed by atoms with E-state index in [0.717, 1.165) is 27.7 Å². The minimum Gasteiger partial charge on any atom is -0.497 e. The summed E-state index contributed by atoms with van der Waals surface area (Å²) in [5, 5.41) is 1.74. The molecule has 7 heteroatoms. The van der Waals surface area contributed by atoms with Gasteiger partial charge in [-0.2, -0.15) is 0 Å². The number of Topliss-reactive ketones (excluding diaryl/α,β-unsaturated/α-hetero) is 1. The highest BCUT2D eigenvalue weighted by molar-refractivity contribution is 7.99. The number of aromatic nitrogens is 2. The molecule has 5 rings (SSSR count). The van der Waals surface area contributed by atoms with Gasteiger partial charge in [0.2, 0.25) is 0 Å². The molecule has 0 atom stereocenters. The minimum absolute atomic E-state index is 0.404. The molecule has 2 aliphatic heterocycles. The Morgan fingerprint density at radius 1 is 1.10 bits per heavy atom. The number of rotatable bonds is 4. The Bertz CT molecular complexity index is 1310. The van der Waals surface area contributed by atoms with Crippen LogP contribution in [0.25, 0.3) is 16.5 Å². The number of carbonyl (C=O) groups excluding carboxylic acids is 2. The molecule has 2 aromatic carbocycles. The van der Waals surface area contributed by atoms with Crippen LogP contribution in [0.3, 0.4) is 0 Å². The standard InChI is InChI=1S/C24H21N3O3S/c1-13-16-7-5-6-8-19(16)26-23(25-13)31-12-14-11-24(2,3)27-20-17(14)9-15(30-4)10-18(20)21(28)22(27)29/h5-11H,12H2,1-4H3. The maximum atomic E-state index is 12.7. The molecule has 1 amide bonds. The molecule has 0 saturated heterocycles. The van der Waals surface area contributed by atoms with Crippen LogP contribution in [0.4, 0.5) is 5.69 Å². The highest BCUT2D eigenvalue weighted by Crippen LogP contribution is 2.47. The number of hydrogen-bond donors (Lipinski definition) is 0. The lowest BCUT2D eigenvalue weighted by atomic mass is 9.89. The Kier molecular flexibility index (Phi) is 4.41. The summed E-state index contributed by atoms with van der Waals surface area (Å²) >= 11 is 1.54. The van der Waals surface area contributed by atoms with Crippen LogP contribution in [0.2, 0.25) is 0 Å². The molecule has 0 fully saturated rings. The van der Waals surface area contributed by atoms with E-state index in [1.807, 2.05) is 51.1 Å². The smallest absolute Gasteiger partial charge is 0.300 e. The summed E-state index contributed by atoms with van der Waals surface area (Å²) < 4.78 is 5.41. The van der Waals surface area contributed by atoms with Crippen LogP contribution < -0.4 is 9.64 Å². The molecule has 6 nitrogen and oxygen atoms in total. The van der Waals surface area contributed by atoms with E-state index in [1.165, 1.54) is 0 Å². The molecule has 156 valence electrons. The Hall–Kier alpha value is -3.19. The minimum atomic E-state index is -0.615. The zero-order chi connectivity index (χ0) is 21.9. The fraction of sp³-hybridized carbons (Fsp3) is 0.250. The summed E-state index contributed by atoms with van der Waals surface area (Å²) in [6.07, 6.45) is 2.05. The van der Waals surface area contributed by atoms with Crippen molar-refractivity contribution in [2.24, 2.45) is 0 Å². The van der Waals surface area contributed by atoms with Crippen molar-refractivity contribution in [3.05, 3.63) is 59.3 Å². The zero-order valence-electron chi connectivity index (χ0n) is 17.7. The average molecular weight is 432 g/mol. The molecule has 1 aromatic heterocycles. The molecular formula is C24H21N3O3S. The van der Waals surface area contributed by atoms with Gasteiger partial charge in [0.15, 0.2) is 5.16 Å². The first kappa shape index (κ1) is 19.8. The fourth-order valence-electron chi connectivity index (χ4n) is 4.36. The van der Waals surface area contributed by atoms with Crippen molar-refractivity contribution in [3.63, 3.8) is 0 Å². The highest BCUT2D eigenvalue weighted by atomic mass is 32.2. The number of para-hydroxylation sites is 1. The number of ether oxygens (including phenoxy) is 1. The Balaban J connectivity index is 1.56. The second-order valence-electron chi connectivity index (χ2n) is 8.26. The number of aryl methyl sites for hydroxylation is 1. The van der Waals surface area contributed by atoms with Crippen LogP contribution >= 0.6 is 11.8 Å². The third kappa shape index (κ3) is 3.03. The molecule has 31 heavy (non-hydrogen) atoms. The second kappa shape index (κ2) is 6.92. The van der Waals surface area contributed by atoms with Crippen molar-refractivity contribution in [1.82, 2.24) is 9.97 Å². The van der Waals surface area contributed by atoms with Gasteiger partial charge in [-0.15, -0.1) is 0 Å². The lowest BCUT2D eigenvalue weighted by Crippen LogP contribution is -2.47. The molecule has 2 aliphatic rings. The van der Waals surface area contributed by atoms with Crippen LogP contribution in [-0.2, 0) is 4.79 Å². The van der Waals surface area contributed by atoms with Crippen LogP contribution in [0.1, 0.15) is 35.5 Å². The summed E-state index contributed by atoms with van der Waals surface area (Å²) in [5.41, 5.74) is 4.19. The maximum absolute atomic E-state index is 12.7. The summed E-state index contributed by atoms with van der Waals surface area (Å²) in [6, 6.07) is 11.5. The molecule has 0 aliphatic carbocycles. The summed E-state index contributed by atoms with van der Waals surface area (Å²) in [7, 11) is 1.56. The van der Waals surface area contributed by atoms with Gasteiger partial charge >= 0.3 is 0 Å². The van der Waals surface area contributed by atoms with E-state index < -0.39 is 17.2 Å². The lowest BCUT2D eigenvalue weighted by molar-refractivity contribution is -0.115. The van der Waals surface area contributed by atoms with Crippen LogP contribution in [0.15, 0.2) is 47.6 Å². The number of nitrogens with zero attached hydrogens (tertiary/aromatic N) is 3. The van der Waals surface area contributed by atoms with Gasteiger partial charge in [-0.3, -0.25) is 14.5 Å². The number of fused-ring (bicyclic) bond motifs is 1. The predicted molar refractivity (Wildman–Crippen MR) is 122 cm³/mol. The van der Waals surface area contributed by atoms with E-state index in [-0.39, 0.29) is 0 Å². The maximum Gasteiger partial charge on any atom is 0.300 e. The Morgan fingerprint density at radius 2 is 1.84 bits per heavy atom. The number of thioether (sulfide) groups is 1. The number of anilines is 1. The van der Waals surface area contributed by atoms with Gasteiger partial charge in [-0.25, -0.2) is 9.97 Å². The SMILES string of the molecule is COc1cc2c3c(c1)C(CSc1nc(C)c4ccccc4n1)=CC(C)(C)N3C(=O)C2=O. The third-order valence-electron chi connectivity index (χ3n) is 5.76. The van der Waals surface area contributed by atoms with Crippen molar-refractivity contribution in [1.29, 1.82) is 0 Å². The van der Waals surface area contributed by atoms with Crippen molar-refractivity contribution in [2.75, 3.05) is 17.8 Å². The van der Waals surface area contributed by atoms with Crippen molar-refractivity contribution in [2.45, 2.75) is 31.5 Å². The molecule has 0 radical (unpaired) electrons. The number of carbonyl (C=O) groups is 2. The van der Waals surface area contributed by atoms with E-state index in [0.29, 0.717) is 27.9 Å². The monoisotopic (exact) mass is 431 g/mol. The van der Waals surface area contributed by atoms with Gasteiger partial charge in [0.1, 0.15) is 5.75 Å².